The molecule has 1 aromatic heterocycles. The van der Waals surface area contributed by atoms with Crippen LogP contribution >= 0.6 is 11.6 Å². The highest BCUT2D eigenvalue weighted by atomic mass is 35.5. The van der Waals surface area contributed by atoms with Crippen LogP contribution in [0.4, 0.5) is 0 Å². The van der Waals surface area contributed by atoms with Crippen molar-refractivity contribution in [2.75, 3.05) is 13.2 Å². The van der Waals surface area contributed by atoms with Crippen molar-refractivity contribution in [1.82, 2.24) is 14.9 Å². The van der Waals surface area contributed by atoms with E-state index in [-0.39, 0.29) is 18.6 Å². The van der Waals surface area contributed by atoms with Gasteiger partial charge in [-0.2, -0.15) is 0 Å². The van der Waals surface area contributed by atoms with Gasteiger partial charge in [-0.1, -0.05) is 41.9 Å². The Hall–Kier alpha value is -2.37. The zero-order chi connectivity index (χ0) is 17.9. The topological polar surface area (TPSA) is 58.2 Å². The van der Waals surface area contributed by atoms with Gasteiger partial charge >= 0.3 is 0 Å². The Morgan fingerprint density at radius 1 is 1.23 bits per heavy atom. The zero-order valence-corrected chi connectivity index (χ0v) is 15.1. The van der Waals surface area contributed by atoms with Crippen LogP contribution in [-0.4, -0.2) is 33.9 Å². The molecule has 0 saturated carbocycles. The number of para-hydroxylation sites is 2. The Morgan fingerprint density at radius 3 is 2.88 bits per heavy atom. The van der Waals surface area contributed by atoms with Gasteiger partial charge in [0.15, 0.2) is 0 Å². The lowest BCUT2D eigenvalue weighted by atomic mass is 10.2. The van der Waals surface area contributed by atoms with E-state index in [1.165, 1.54) is 0 Å². The molecule has 1 aliphatic rings. The number of H-pyrrole nitrogens is 1. The minimum Gasteiger partial charge on any atom is -0.367 e. The van der Waals surface area contributed by atoms with E-state index in [0.29, 0.717) is 11.6 Å². The highest BCUT2D eigenvalue weighted by molar-refractivity contribution is 6.31. The number of hydrogen-bond donors (Lipinski definition) is 1. The molecule has 0 aliphatic carbocycles. The lowest BCUT2D eigenvalue weighted by Gasteiger charge is -2.23. The number of hydrogen-bond acceptors (Lipinski definition) is 3. The van der Waals surface area contributed by atoms with Crippen LogP contribution in [0.15, 0.2) is 48.5 Å². The maximum atomic E-state index is 12.6. The van der Waals surface area contributed by atoms with Crippen LogP contribution in [0.2, 0.25) is 5.02 Å². The minimum atomic E-state index is -0.0150. The van der Waals surface area contributed by atoms with E-state index in [2.05, 4.69) is 9.97 Å². The first-order chi connectivity index (χ1) is 12.7. The summed E-state index contributed by atoms with van der Waals surface area (Å²) in [4.78, 5) is 22.5. The molecule has 2 heterocycles. The minimum absolute atomic E-state index is 0.0139. The molecule has 1 amide bonds. The Kier molecular flexibility index (Phi) is 4.91. The molecular formula is C20H20ClN3O2. The Labute approximate surface area is 156 Å². The molecular weight excluding hydrogens is 350 g/mol. The fourth-order valence-electron chi connectivity index (χ4n) is 3.43. The number of carbonyl (C=O) groups excluding carboxylic acids is 1. The van der Waals surface area contributed by atoms with Crippen LogP contribution in [0, 0.1) is 0 Å². The molecule has 2 aromatic carbocycles. The van der Waals surface area contributed by atoms with Crippen LogP contribution in [-0.2, 0) is 16.1 Å². The van der Waals surface area contributed by atoms with Crippen molar-refractivity contribution < 1.29 is 9.53 Å². The summed E-state index contributed by atoms with van der Waals surface area (Å²) in [5, 5.41) is 0.654. The molecule has 1 atom stereocenters. The van der Waals surface area contributed by atoms with Gasteiger partial charge in [-0.25, -0.2) is 4.98 Å². The number of ether oxygens (including phenoxy) is 1. The number of nitrogens with one attached hydrogen (secondary N) is 1. The zero-order valence-electron chi connectivity index (χ0n) is 14.3. The van der Waals surface area contributed by atoms with E-state index in [4.69, 9.17) is 16.3 Å². The van der Waals surface area contributed by atoms with Gasteiger partial charge in [0, 0.05) is 11.6 Å². The fourth-order valence-corrected chi connectivity index (χ4v) is 3.62. The highest BCUT2D eigenvalue weighted by Crippen LogP contribution is 2.31. The quantitative estimate of drug-likeness (QED) is 0.736. The van der Waals surface area contributed by atoms with Crippen LogP contribution < -0.4 is 0 Å². The molecule has 0 radical (unpaired) electrons. The first-order valence-electron chi connectivity index (χ1n) is 8.77. The predicted octanol–water partition coefficient (Wildman–Crippen LogP) is 4.10. The van der Waals surface area contributed by atoms with Crippen LogP contribution in [0.25, 0.3) is 11.0 Å². The Morgan fingerprint density at radius 2 is 2.04 bits per heavy atom. The number of imidazole rings is 1. The van der Waals surface area contributed by atoms with Gasteiger partial charge < -0.3 is 14.6 Å². The van der Waals surface area contributed by atoms with Gasteiger partial charge in [-0.15, -0.1) is 0 Å². The van der Waals surface area contributed by atoms with E-state index in [0.717, 1.165) is 41.8 Å². The van der Waals surface area contributed by atoms with Crippen LogP contribution in [0.3, 0.4) is 0 Å². The van der Waals surface area contributed by atoms with Crippen LogP contribution in [0.5, 0.6) is 0 Å². The summed E-state index contributed by atoms with van der Waals surface area (Å²) in [6.45, 7) is 1.10. The highest BCUT2D eigenvalue weighted by Gasteiger charge is 2.32. The summed E-state index contributed by atoms with van der Waals surface area (Å²) in [5.74, 6) is 0.836. The number of benzene rings is 2. The standard InChI is InChI=1S/C20H20ClN3O2/c21-15-7-2-1-6-14(15)12-26-13-19(25)24-11-5-10-18(24)20-22-16-8-3-4-9-17(16)23-20/h1-4,6-9,18H,5,10-13H2,(H,22,23)/t18-/m1/s1. The summed E-state index contributed by atoms with van der Waals surface area (Å²) in [7, 11) is 0. The fraction of sp³-hybridized carbons (Fsp3) is 0.300. The molecule has 4 rings (SSSR count). The number of rotatable bonds is 5. The number of aromatic amines is 1. The molecule has 1 aliphatic heterocycles. The number of nitrogens with zero attached hydrogens (tertiary/aromatic N) is 2. The van der Waals surface area contributed by atoms with Crippen molar-refractivity contribution in [2.45, 2.75) is 25.5 Å². The third-order valence-electron chi connectivity index (χ3n) is 4.74. The summed E-state index contributed by atoms with van der Waals surface area (Å²) < 4.78 is 5.61. The number of halogens is 1. The molecule has 1 N–H and O–H groups in total. The maximum absolute atomic E-state index is 12.6. The monoisotopic (exact) mass is 369 g/mol. The summed E-state index contributed by atoms with van der Waals surface area (Å²) in [6.07, 6.45) is 1.88. The number of fused-ring (bicyclic) bond motifs is 1. The van der Waals surface area contributed by atoms with Crippen molar-refractivity contribution in [3.05, 3.63) is 64.9 Å². The lowest BCUT2D eigenvalue weighted by Crippen LogP contribution is -2.34. The largest absolute Gasteiger partial charge is 0.367 e. The summed E-state index contributed by atoms with van der Waals surface area (Å²) in [5.41, 5.74) is 2.81. The van der Waals surface area contributed by atoms with Gasteiger partial charge in [0.2, 0.25) is 5.91 Å². The third-order valence-corrected chi connectivity index (χ3v) is 5.11. The molecule has 134 valence electrons. The number of amides is 1. The SMILES string of the molecule is O=C(COCc1ccccc1Cl)N1CCC[C@@H]1c1nc2ccccc2[nH]1. The molecule has 0 unspecified atom stereocenters. The van der Waals surface area contributed by atoms with Crippen molar-refractivity contribution in [3.8, 4) is 0 Å². The van der Waals surface area contributed by atoms with Gasteiger partial charge in [0.05, 0.1) is 23.7 Å². The third kappa shape index (κ3) is 3.45. The molecule has 0 bridgehead atoms. The summed E-state index contributed by atoms with van der Waals surface area (Å²) >= 11 is 6.12. The second-order valence-electron chi connectivity index (χ2n) is 6.47. The van der Waals surface area contributed by atoms with E-state index < -0.39 is 0 Å². The molecule has 6 heteroatoms. The molecule has 3 aromatic rings. The van der Waals surface area contributed by atoms with Gasteiger partial charge in [-0.05, 0) is 36.6 Å². The van der Waals surface area contributed by atoms with E-state index in [9.17, 15) is 4.79 Å². The van der Waals surface area contributed by atoms with Crippen molar-refractivity contribution in [3.63, 3.8) is 0 Å². The van der Waals surface area contributed by atoms with E-state index >= 15 is 0 Å². The van der Waals surface area contributed by atoms with E-state index in [1.807, 2.05) is 53.4 Å². The number of aromatic nitrogens is 2. The molecule has 0 spiro atoms. The predicted molar refractivity (Wildman–Crippen MR) is 101 cm³/mol. The van der Waals surface area contributed by atoms with E-state index in [1.54, 1.807) is 0 Å². The summed E-state index contributed by atoms with van der Waals surface area (Å²) in [6, 6.07) is 15.4. The molecule has 5 nitrogen and oxygen atoms in total. The second kappa shape index (κ2) is 7.48. The van der Waals surface area contributed by atoms with Crippen molar-refractivity contribution >= 4 is 28.5 Å². The van der Waals surface area contributed by atoms with Gasteiger partial charge in [0.1, 0.15) is 12.4 Å². The Bertz CT molecular complexity index is 891. The number of carbonyl (C=O) groups is 1. The van der Waals surface area contributed by atoms with Gasteiger partial charge in [0.25, 0.3) is 0 Å². The lowest BCUT2D eigenvalue weighted by molar-refractivity contribution is -0.137. The first kappa shape index (κ1) is 17.1. The number of likely N-dealkylation sites (tertiary alicyclic amines) is 1. The second-order valence-corrected chi connectivity index (χ2v) is 6.88. The molecule has 26 heavy (non-hydrogen) atoms. The van der Waals surface area contributed by atoms with Crippen LogP contribution in [0.1, 0.15) is 30.3 Å². The van der Waals surface area contributed by atoms with Crippen molar-refractivity contribution in [2.24, 2.45) is 0 Å². The van der Waals surface area contributed by atoms with Gasteiger partial charge in [-0.3, -0.25) is 4.79 Å². The maximum Gasteiger partial charge on any atom is 0.249 e. The molecule has 1 fully saturated rings. The average Bonchev–Trinajstić information content (AvgIpc) is 3.29. The Balaban J connectivity index is 1.41. The normalized spacial score (nSPS) is 17.1. The van der Waals surface area contributed by atoms with Crippen molar-refractivity contribution in [1.29, 1.82) is 0 Å². The average molecular weight is 370 g/mol. The smallest absolute Gasteiger partial charge is 0.249 e. The first-order valence-corrected chi connectivity index (χ1v) is 9.15. The molecule has 1 saturated heterocycles.